The highest BCUT2D eigenvalue weighted by atomic mass is 35.5. The van der Waals surface area contributed by atoms with Crippen molar-refractivity contribution < 1.29 is 4.84 Å². The Morgan fingerprint density at radius 2 is 1.77 bits per heavy atom. The number of hydrogen-bond acceptors (Lipinski definition) is 3. The van der Waals surface area contributed by atoms with Gasteiger partial charge in [-0.05, 0) is 47.7 Å². The van der Waals surface area contributed by atoms with E-state index in [1.54, 1.807) is 6.20 Å². The fourth-order valence-electron chi connectivity index (χ4n) is 3.14. The van der Waals surface area contributed by atoms with E-state index in [0.29, 0.717) is 18.4 Å². The van der Waals surface area contributed by atoms with Gasteiger partial charge >= 0.3 is 0 Å². The van der Waals surface area contributed by atoms with E-state index in [2.05, 4.69) is 34.4 Å². The van der Waals surface area contributed by atoms with Crippen molar-refractivity contribution in [3.63, 3.8) is 0 Å². The van der Waals surface area contributed by atoms with Crippen LogP contribution in [0.2, 0.25) is 5.02 Å². The molecule has 0 saturated heterocycles. The van der Waals surface area contributed by atoms with Crippen LogP contribution in [0.3, 0.4) is 0 Å². The number of nitrogens with zero attached hydrogens (tertiary/aromatic N) is 2. The van der Waals surface area contributed by atoms with Gasteiger partial charge in [0.2, 0.25) is 0 Å². The molecule has 4 heteroatoms. The second-order valence-corrected chi connectivity index (χ2v) is 6.89. The quantitative estimate of drug-likeness (QED) is 0.431. The topological polar surface area (TPSA) is 34.5 Å². The highest BCUT2D eigenvalue weighted by molar-refractivity contribution is 6.30. The Morgan fingerprint density at radius 3 is 2.50 bits per heavy atom. The summed E-state index contributed by atoms with van der Waals surface area (Å²) in [5.74, 6) is 0.827. The third kappa shape index (κ3) is 3.94. The minimum Gasteiger partial charge on any atom is -0.391 e. The number of aromatic nitrogens is 1. The summed E-state index contributed by atoms with van der Waals surface area (Å²) in [6.07, 6.45) is 2.87. The number of benzene rings is 2. The zero-order chi connectivity index (χ0) is 17.8. The molecular weight excluding hydrogens is 344 g/mol. The first-order valence-corrected chi connectivity index (χ1v) is 9.10. The Hall–Kier alpha value is -2.65. The van der Waals surface area contributed by atoms with Crippen molar-refractivity contribution >= 4 is 17.3 Å². The molecule has 130 valence electrons. The van der Waals surface area contributed by atoms with Crippen molar-refractivity contribution in [2.45, 2.75) is 18.9 Å². The fourth-order valence-corrected chi connectivity index (χ4v) is 3.27. The summed E-state index contributed by atoms with van der Waals surface area (Å²) in [5.41, 5.74) is 4.19. The van der Waals surface area contributed by atoms with E-state index in [0.717, 1.165) is 28.4 Å². The van der Waals surface area contributed by atoms with Gasteiger partial charge in [0, 0.05) is 17.1 Å². The van der Waals surface area contributed by atoms with Crippen molar-refractivity contribution in [3.05, 3.63) is 101 Å². The Bertz CT molecular complexity index is 879. The predicted molar refractivity (Wildman–Crippen MR) is 104 cm³/mol. The summed E-state index contributed by atoms with van der Waals surface area (Å²) in [5, 5.41) is 5.19. The summed E-state index contributed by atoms with van der Waals surface area (Å²) in [7, 11) is 0. The Balaban J connectivity index is 1.51. The van der Waals surface area contributed by atoms with Gasteiger partial charge < -0.3 is 4.84 Å². The SMILES string of the molecule is Clc1ccc(CO/N=C(/c2ccccn2)[C@@H]2C[C@@H]2c2ccccc2)cc1. The fraction of sp³-hybridized carbons (Fsp3) is 0.182. The molecule has 0 aliphatic heterocycles. The number of rotatable bonds is 6. The van der Waals surface area contributed by atoms with Crippen LogP contribution in [-0.2, 0) is 11.4 Å². The minimum absolute atomic E-state index is 0.345. The van der Waals surface area contributed by atoms with Crippen molar-refractivity contribution in [3.8, 4) is 0 Å². The van der Waals surface area contributed by atoms with E-state index in [4.69, 9.17) is 16.4 Å². The monoisotopic (exact) mass is 362 g/mol. The lowest BCUT2D eigenvalue weighted by atomic mass is 10.1. The van der Waals surface area contributed by atoms with E-state index in [9.17, 15) is 0 Å². The van der Waals surface area contributed by atoms with Gasteiger partial charge in [0.25, 0.3) is 0 Å². The van der Waals surface area contributed by atoms with Crippen LogP contribution in [0.5, 0.6) is 0 Å². The standard InChI is InChI=1S/C22H19ClN2O/c23-18-11-9-16(10-12-18)15-26-25-22(21-8-4-5-13-24-21)20-14-19(20)17-6-2-1-3-7-17/h1-13,19-20H,14-15H2/b25-22+/t19-,20-/m1/s1. The van der Waals surface area contributed by atoms with E-state index in [1.165, 1.54) is 5.56 Å². The maximum absolute atomic E-state index is 5.92. The van der Waals surface area contributed by atoms with Crippen molar-refractivity contribution in [1.82, 2.24) is 4.98 Å². The molecule has 0 amide bonds. The van der Waals surface area contributed by atoms with Crippen LogP contribution >= 0.6 is 11.6 Å². The third-order valence-electron chi connectivity index (χ3n) is 4.60. The lowest BCUT2D eigenvalue weighted by Gasteiger charge is -2.07. The molecule has 1 fully saturated rings. The third-order valence-corrected chi connectivity index (χ3v) is 4.86. The highest BCUT2D eigenvalue weighted by Gasteiger charge is 2.43. The van der Waals surface area contributed by atoms with Gasteiger partial charge in [-0.15, -0.1) is 0 Å². The second-order valence-electron chi connectivity index (χ2n) is 6.45. The molecule has 0 bridgehead atoms. The average molecular weight is 363 g/mol. The summed E-state index contributed by atoms with van der Waals surface area (Å²) in [6, 6.07) is 24.1. The van der Waals surface area contributed by atoms with Gasteiger partial charge in [-0.2, -0.15) is 0 Å². The summed E-state index contributed by atoms with van der Waals surface area (Å²) >= 11 is 5.92. The van der Waals surface area contributed by atoms with Crippen LogP contribution in [0.1, 0.15) is 29.2 Å². The predicted octanol–water partition coefficient (Wildman–Crippen LogP) is 5.46. The summed E-state index contributed by atoms with van der Waals surface area (Å²) in [4.78, 5) is 10.1. The maximum Gasteiger partial charge on any atom is 0.142 e. The van der Waals surface area contributed by atoms with Crippen LogP contribution in [0.4, 0.5) is 0 Å². The number of pyridine rings is 1. The second kappa shape index (κ2) is 7.71. The van der Waals surface area contributed by atoms with Gasteiger partial charge in [-0.1, -0.05) is 65.3 Å². The molecule has 0 unspecified atom stereocenters. The molecule has 0 N–H and O–H groups in total. The van der Waals surface area contributed by atoms with E-state index < -0.39 is 0 Å². The lowest BCUT2D eigenvalue weighted by Crippen LogP contribution is -2.08. The minimum atomic E-state index is 0.345. The normalized spacial score (nSPS) is 19.2. The number of hydrogen-bond donors (Lipinski definition) is 0. The maximum atomic E-state index is 5.92. The Morgan fingerprint density at radius 1 is 1.00 bits per heavy atom. The molecular formula is C22H19ClN2O. The first-order chi connectivity index (χ1) is 12.8. The smallest absolute Gasteiger partial charge is 0.142 e. The molecule has 1 aromatic heterocycles. The van der Waals surface area contributed by atoms with E-state index in [1.807, 2.05) is 48.5 Å². The van der Waals surface area contributed by atoms with Gasteiger partial charge in [0.15, 0.2) is 0 Å². The molecule has 3 nitrogen and oxygen atoms in total. The molecule has 1 aliphatic carbocycles. The molecule has 1 heterocycles. The Labute approximate surface area is 158 Å². The van der Waals surface area contributed by atoms with E-state index >= 15 is 0 Å². The molecule has 0 spiro atoms. The van der Waals surface area contributed by atoms with Crippen molar-refractivity contribution in [2.24, 2.45) is 11.1 Å². The largest absolute Gasteiger partial charge is 0.391 e. The zero-order valence-corrected chi connectivity index (χ0v) is 15.0. The highest BCUT2D eigenvalue weighted by Crippen LogP contribution is 2.49. The molecule has 1 saturated carbocycles. The van der Waals surface area contributed by atoms with Gasteiger partial charge in [0.1, 0.15) is 12.3 Å². The molecule has 0 radical (unpaired) electrons. The van der Waals surface area contributed by atoms with Crippen LogP contribution in [0.25, 0.3) is 0 Å². The summed E-state index contributed by atoms with van der Waals surface area (Å²) in [6.45, 7) is 0.413. The first-order valence-electron chi connectivity index (χ1n) is 8.72. The van der Waals surface area contributed by atoms with Crippen LogP contribution in [0, 0.1) is 5.92 Å². The van der Waals surface area contributed by atoms with Crippen molar-refractivity contribution in [2.75, 3.05) is 0 Å². The van der Waals surface area contributed by atoms with Crippen LogP contribution in [0.15, 0.2) is 84.1 Å². The molecule has 2 aromatic carbocycles. The first kappa shape index (κ1) is 16.8. The Kier molecular flexibility index (Phi) is 4.98. The van der Waals surface area contributed by atoms with Crippen LogP contribution in [-0.4, -0.2) is 10.7 Å². The van der Waals surface area contributed by atoms with Crippen molar-refractivity contribution in [1.29, 1.82) is 0 Å². The molecule has 26 heavy (non-hydrogen) atoms. The zero-order valence-electron chi connectivity index (χ0n) is 14.3. The lowest BCUT2D eigenvalue weighted by molar-refractivity contribution is 0.129. The molecule has 4 rings (SSSR count). The van der Waals surface area contributed by atoms with Gasteiger partial charge in [-0.25, -0.2) is 0 Å². The van der Waals surface area contributed by atoms with Gasteiger partial charge in [0.05, 0.1) is 5.69 Å². The number of halogens is 1. The van der Waals surface area contributed by atoms with Gasteiger partial charge in [-0.3, -0.25) is 4.98 Å². The molecule has 2 atom stereocenters. The average Bonchev–Trinajstić information content (AvgIpc) is 3.49. The van der Waals surface area contributed by atoms with E-state index in [-0.39, 0.29) is 0 Å². The molecule has 3 aromatic rings. The molecule has 1 aliphatic rings. The van der Waals surface area contributed by atoms with Crippen LogP contribution < -0.4 is 0 Å². The summed E-state index contributed by atoms with van der Waals surface area (Å²) < 4.78 is 0. The number of oxime groups is 1.